The molecule has 3 heterocycles. The number of amides is 1. The van der Waals surface area contributed by atoms with Crippen LogP contribution in [-0.4, -0.2) is 55.0 Å². The van der Waals surface area contributed by atoms with Crippen molar-refractivity contribution in [2.75, 3.05) is 18.4 Å². The van der Waals surface area contributed by atoms with Gasteiger partial charge in [-0.15, -0.1) is 0 Å². The van der Waals surface area contributed by atoms with E-state index in [0.717, 1.165) is 12.8 Å². The van der Waals surface area contributed by atoms with E-state index in [-0.39, 0.29) is 11.0 Å². The lowest BCUT2D eigenvalue weighted by atomic mass is 9.78. The third-order valence-corrected chi connectivity index (χ3v) is 8.28. The molecule has 1 aromatic carbocycles. The topological polar surface area (TPSA) is 113 Å². The number of aliphatic carboxylic acids is 1. The fourth-order valence-electron chi connectivity index (χ4n) is 4.63. The number of carbonyl (C=O) groups excluding carboxylic acids is 1. The Morgan fingerprint density at radius 1 is 1.03 bits per heavy atom. The minimum absolute atomic E-state index is 0.191. The number of nitrogens with zero attached hydrogens (tertiary/aromatic N) is 1. The molecule has 0 radical (unpaired) electrons. The average molecular weight is 423 g/mol. The van der Waals surface area contributed by atoms with E-state index in [0.29, 0.717) is 37.5 Å². The second-order valence-electron chi connectivity index (χ2n) is 8.28. The molecule has 2 bridgehead atoms. The summed E-state index contributed by atoms with van der Waals surface area (Å²) in [4.78, 5) is 24.4. The zero-order valence-corrected chi connectivity index (χ0v) is 17.1. The molecule has 3 aliphatic heterocycles. The van der Waals surface area contributed by atoms with E-state index in [1.165, 1.54) is 16.4 Å². The molecule has 8 nitrogen and oxygen atoms in total. The first-order chi connectivity index (χ1) is 13.8. The number of sulfonamides is 1. The molecule has 0 aromatic heterocycles. The van der Waals surface area contributed by atoms with Gasteiger partial charge in [0.25, 0.3) is 0 Å². The SMILES string of the molecule is CC1CCN(S(=O)(=O)c2ccc(NC(=O)C3C4CCC(O4)C3C(=O)O)cc2)CC1. The van der Waals surface area contributed by atoms with Gasteiger partial charge in [0.2, 0.25) is 15.9 Å². The van der Waals surface area contributed by atoms with Crippen molar-refractivity contribution in [2.45, 2.75) is 49.7 Å². The van der Waals surface area contributed by atoms with Crippen LogP contribution in [0.5, 0.6) is 0 Å². The van der Waals surface area contributed by atoms with Crippen LogP contribution in [0.1, 0.15) is 32.6 Å². The lowest BCUT2D eigenvalue weighted by Crippen LogP contribution is -2.41. The van der Waals surface area contributed by atoms with Crippen LogP contribution in [0.3, 0.4) is 0 Å². The number of benzene rings is 1. The molecule has 4 unspecified atom stereocenters. The highest BCUT2D eigenvalue weighted by atomic mass is 32.2. The van der Waals surface area contributed by atoms with Gasteiger partial charge in [0.1, 0.15) is 0 Å². The fraction of sp³-hybridized carbons (Fsp3) is 0.600. The number of anilines is 1. The molecule has 29 heavy (non-hydrogen) atoms. The van der Waals surface area contributed by atoms with Gasteiger partial charge in [-0.2, -0.15) is 4.31 Å². The predicted molar refractivity (Wildman–Crippen MR) is 105 cm³/mol. The zero-order chi connectivity index (χ0) is 20.8. The van der Waals surface area contributed by atoms with Gasteiger partial charge >= 0.3 is 5.97 Å². The summed E-state index contributed by atoms with van der Waals surface area (Å²) < 4.78 is 32.7. The molecule has 3 fully saturated rings. The number of piperidine rings is 1. The van der Waals surface area contributed by atoms with Crippen LogP contribution in [0.25, 0.3) is 0 Å². The molecular weight excluding hydrogens is 396 g/mol. The number of carboxylic acids is 1. The van der Waals surface area contributed by atoms with E-state index < -0.39 is 39.8 Å². The minimum Gasteiger partial charge on any atom is -0.481 e. The van der Waals surface area contributed by atoms with Crippen molar-refractivity contribution >= 4 is 27.6 Å². The molecule has 2 N–H and O–H groups in total. The molecule has 1 aromatic rings. The Labute approximate surface area is 170 Å². The van der Waals surface area contributed by atoms with Gasteiger partial charge in [0, 0.05) is 18.8 Å². The zero-order valence-electron chi connectivity index (χ0n) is 16.3. The first kappa shape index (κ1) is 20.3. The van der Waals surface area contributed by atoms with E-state index in [9.17, 15) is 23.1 Å². The second-order valence-corrected chi connectivity index (χ2v) is 10.2. The van der Waals surface area contributed by atoms with E-state index >= 15 is 0 Å². The van der Waals surface area contributed by atoms with Gasteiger partial charge in [0.15, 0.2) is 0 Å². The maximum absolute atomic E-state index is 12.8. The first-order valence-corrected chi connectivity index (χ1v) is 11.5. The number of carbonyl (C=O) groups is 2. The van der Waals surface area contributed by atoms with Crippen LogP contribution < -0.4 is 5.32 Å². The Bertz CT molecular complexity index is 892. The van der Waals surface area contributed by atoms with Gasteiger partial charge in [0.05, 0.1) is 28.9 Å². The van der Waals surface area contributed by atoms with E-state index in [4.69, 9.17) is 4.74 Å². The monoisotopic (exact) mass is 422 g/mol. The molecule has 158 valence electrons. The Hall–Kier alpha value is -1.97. The number of rotatable bonds is 5. The normalized spacial score (nSPS) is 30.4. The molecule has 1 amide bonds. The van der Waals surface area contributed by atoms with Gasteiger partial charge in [-0.05, 0) is 55.9 Å². The molecule has 4 rings (SSSR count). The maximum atomic E-state index is 12.8. The maximum Gasteiger partial charge on any atom is 0.310 e. The number of ether oxygens (including phenoxy) is 1. The van der Waals surface area contributed by atoms with Crippen molar-refractivity contribution in [3.8, 4) is 0 Å². The third-order valence-electron chi connectivity index (χ3n) is 6.36. The molecule has 0 saturated carbocycles. The van der Waals surface area contributed by atoms with Gasteiger partial charge in [-0.25, -0.2) is 8.42 Å². The van der Waals surface area contributed by atoms with Crippen molar-refractivity contribution in [3.05, 3.63) is 24.3 Å². The van der Waals surface area contributed by atoms with E-state index in [1.54, 1.807) is 12.1 Å². The van der Waals surface area contributed by atoms with Gasteiger partial charge in [-0.1, -0.05) is 6.92 Å². The molecule has 3 saturated heterocycles. The summed E-state index contributed by atoms with van der Waals surface area (Å²) in [5, 5.41) is 12.2. The fourth-order valence-corrected chi connectivity index (χ4v) is 6.10. The van der Waals surface area contributed by atoms with Crippen LogP contribution in [0, 0.1) is 17.8 Å². The number of carboxylic acid groups (broad SMARTS) is 1. The highest BCUT2D eigenvalue weighted by Crippen LogP contribution is 2.44. The minimum atomic E-state index is -3.55. The second kappa shape index (κ2) is 7.70. The van der Waals surface area contributed by atoms with E-state index in [2.05, 4.69) is 12.2 Å². The Morgan fingerprint density at radius 3 is 2.21 bits per heavy atom. The quantitative estimate of drug-likeness (QED) is 0.750. The molecule has 4 atom stereocenters. The highest BCUT2D eigenvalue weighted by Gasteiger charge is 2.55. The van der Waals surface area contributed by atoms with Crippen LogP contribution >= 0.6 is 0 Å². The van der Waals surface area contributed by atoms with Crippen molar-refractivity contribution in [1.82, 2.24) is 4.31 Å². The summed E-state index contributed by atoms with van der Waals surface area (Å²) in [6.45, 7) is 3.16. The molecule has 9 heteroatoms. The summed E-state index contributed by atoms with van der Waals surface area (Å²) in [5.41, 5.74) is 0.438. The molecule has 0 aliphatic carbocycles. The summed E-state index contributed by atoms with van der Waals surface area (Å²) >= 11 is 0. The smallest absolute Gasteiger partial charge is 0.310 e. The standard InChI is InChI=1S/C20H26N2O6S/c1-12-8-10-22(11-9-12)29(26,27)14-4-2-13(3-5-14)21-19(23)17-15-6-7-16(28-15)18(17)20(24)25/h2-5,12,15-18H,6-11H2,1H3,(H,21,23)(H,24,25). The number of fused-ring (bicyclic) bond motifs is 2. The van der Waals surface area contributed by atoms with Crippen LogP contribution in [0.15, 0.2) is 29.2 Å². The van der Waals surface area contributed by atoms with Crippen LogP contribution in [0.4, 0.5) is 5.69 Å². The lowest BCUT2D eigenvalue weighted by molar-refractivity contribution is -0.147. The third kappa shape index (κ3) is 3.78. The lowest BCUT2D eigenvalue weighted by Gasteiger charge is -2.29. The van der Waals surface area contributed by atoms with Gasteiger partial charge in [-0.3, -0.25) is 9.59 Å². The Balaban J connectivity index is 1.44. The summed E-state index contributed by atoms with van der Waals surface area (Å²) in [6.07, 6.45) is 2.26. The van der Waals surface area contributed by atoms with Crippen molar-refractivity contribution in [3.63, 3.8) is 0 Å². The van der Waals surface area contributed by atoms with Gasteiger partial charge < -0.3 is 15.2 Å². The van der Waals surface area contributed by atoms with Crippen LogP contribution in [0.2, 0.25) is 0 Å². The molecule has 0 spiro atoms. The van der Waals surface area contributed by atoms with Crippen molar-refractivity contribution in [2.24, 2.45) is 17.8 Å². The van der Waals surface area contributed by atoms with Crippen molar-refractivity contribution in [1.29, 1.82) is 0 Å². The average Bonchev–Trinajstić information content (AvgIpc) is 3.30. The Morgan fingerprint density at radius 2 is 1.62 bits per heavy atom. The Kier molecular flexibility index (Phi) is 5.39. The summed E-state index contributed by atoms with van der Waals surface area (Å²) in [5.74, 6) is -2.46. The molecule has 3 aliphatic rings. The summed E-state index contributed by atoms with van der Waals surface area (Å²) in [6, 6.07) is 6.05. The highest BCUT2D eigenvalue weighted by molar-refractivity contribution is 7.89. The van der Waals surface area contributed by atoms with Crippen LogP contribution in [-0.2, 0) is 24.3 Å². The predicted octanol–water partition coefficient (Wildman–Crippen LogP) is 1.92. The first-order valence-electron chi connectivity index (χ1n) is 10.1. The van der Waals surface area contributed by atoms with Crippen molar-refractivity contribution < 1.29 is 27.9 Å². The number of hydrogen-bond acceptors (Lipinski definition) is 5. The number of nitrogens with one attached hydrogen (secondary N) is 1. The van der Waals surface area contributed by atoms with E-state index in [1.807, 2.05) is 0 Å². The largest absolute Gasteiger partial charge is 0.481 e. The summed E-state index contributed by atoms with van der Waals surface area (Å²) in [7, 11) is -3.55. The molecular formula is C20H26N2O6S. The number of hydrogen-bond donors (Lipinski definition) is 2.